The van der Waals surface area contributed by atoms with E-state index >= 15 is 0 Å². The molecule has 7 heteroatoms. The van der Waals surface area contributed by atoms with Gasteiger partial charge in [-0.3, -0.25) is 11.3 Å². The maximum Gasteiger partial charge on any atom is 0.159 e. The summed E-state index contributed by atoms with van der Waals surface area (Å²) >= 11 is 5.47. The third-order valence-corrected chi connectivity index (χ3v) is 3.33. The molecule has 2 aromatic rings. The van der Waals surface area contributed by atoms with Gasteiger partial charge >= 0.3 is 0 Å². The van der Waals surface area contributed by atoms with Gasteiger partial charge in [0.2, 0.25) is 0 Å². The molecule has 0 bridgehead atoms. The number of nitrogens with one attached hydrogen (secondary N) is 1. The Morgan fingerprint density at radius 2 is 1.67 bits per heavy atom. The molecule has 2 nitrogen and oxygen atoms in total. The summed E-state index contributed by atoms with van der Waals surface area (Å²) < 4.78 is 53.3. The largest absolute Gasteiger partial charge is 0.271 e. The van der Waals surface area contributed by atoms with Crippen molar-refractivity contribution in [2.45, 2.75) is 12.5 Å². The molecule has 21 heavy (non-hydrogen) atoms. The Bertz CT molecular complexity index is 664. The van der Waals surface area contributed by atoms with Crippen LogP contribution in [-0.4, -0.2) is 0 Å². The Morgan fingerprint density at radius 3 is 2.29 bits per heavy atom. The SMILES string of the molecule is NNC(Cc1ccc(F)c(F)c1)c1cc(F)c(Cl)cc1F. The van der Waals surface area contributed by atoms with E-state index < -0.39 is 29.3 Å². The number of hydrogen-bond donors (Lipinski definition) is 2. The Hall–Kier alpha value is -1.63. The van der Waals surface area contributed by atoms with E-state index in [2.05, 4.69) is 5.43 Å². The molecule has 0 aromatic heterocycles. The minimum absolute atomic E-state index is 0.0473. The second-order valence-corrected chi connectivity index (χ2v) is 4.87. The predicted molar refractivity (Wildman–Crippen MR) is 71.5 cm³/mol. The molecule has 2 rings (SSSR count). The highest BCUT2D eigenvalue weighted by Gasteiger charge is 2.18. The molecular formula is C14H11ClF4N2. The first-order valence-corrected chi connectivity index (χ1v) is 6.34. The number of rotatable bonds is 4. The zero-order chi connectivity index (χ0) is 15.6. The van der Waals surface area contributed by atoms with Crippen molar-refractivity contribution in [3.05, 3.63) is 69.8 Å². The fourth-order valence-corrected chi connectivity index (χ4v) is 2.12. The first-order chi connectivity index (χ1) is 9.92. The van der Waals surface area contributed by atoms with Crippen molar-refractivity contribution >= 4 is 11.6 Å². The summed E-state index contributed by atoms with van der Waals surface area (Å²) in [5, 5.41) is -0.347. The van der Waals surface area contributed by atoms with E-state index in [1.807, 2.05) is 0 Å². The smallest absolute Gasteiger partial charge is 0.159 e. The van der Waals surface area contributed by atoms with Crippen LogP contribution in [0.25, 0.3) is 0 Å². The van der Waals surface area contributed by atoms with Crippen LogP contribution in [0, 0.1) is 23.3 Å². The zero-order valence-electron chi connectivity index (χ0n) is 10.6. The van der Waals surface area contributed by atoms with Crippen LogP contribution in [0.15, 0.2) is 30.3 Å². The Kier molecular flexibility index (Phi) is 4.82. The van der Waals surface area contributed by atoms with Crippen molar-refractivity contribution in [3.8, 4) is 0 Å². The third kappa shape index (κ3) is 3.53. The van der Waals surface area contributed by atoms with Crippen LogP contribution in [0.3, 0.4) is 0 Å². The molecule has 3 N–H and O–H groups in total. The van der Waals surface area contributed by atoms with Crippen molar-refractivity contribution < 1.29 is 17.6 Å². The monoisotopic (exact) mass is 318 g/mol. The van der Waals surface area contributed by atoms with E-state index in [-0.39, 0.29) is 17.0 Å². The van der Waals surface area contributed by atoms with E-state index in [0.29, 0.717) is 5.56 Å². The van der Waals surface area contributed by atoms with Gasteiger partial charge in [-0.2, -0.15) is 0 Å². The number of hydrazine groups is 1. The van der Waals surface area contributed by atoms with Gasteiger partial charge in [-0.15, -0.1) is 0 Å². The lowest BCUT2D eigenvalue weighted by atomic mass is 9.98. The fourth-order valence-electron chi connectivity index (χ4n) is 1.97. The van der Waals surface area contributed by atoms with E-state index in [9.17, 15) is 17.6 Å². The molecule has 0 heterocycles. The summed E-state index contributed by atoms with van der Waals surface area (Å²) in [5.74, 6) is 1.79. The quantitative estimate of drug-likeness (QED) is 0.391. The molecular weight excluding hydrogens is 308 g/mol. The van der Waals surface area contributed by atoms with E-state index in [1.54, 1.807) is 0 Å². The second-order valence-electron chi connectivity index (χ2n) is 4.46. The van der Waals surface area contributed by atoms with Crippen LogP contribution in [0.2, 0.25) is 5.02 Å². The number of benzene rings is 2. The molecule has 0 fully saturated rings. The van der Waals surface area contributed by atoms with Crippen LogP contribution in [0.4, 0.5) is 17.6 Å². The Labute approximate surface area is 123 Å². The van der Waals surface area contributed by atoms with Gasteiger partial charge in [0.15, 0.2) is 11.6 Å². The molecule has 2 aromatic carbocycles. The topological polar surface area (TPSA) is 38.0 Å². The van der Waals surface area contributed by atoms with Crippen LogP contribution in [0.5, 0.6) is 0 Å². The predicted octanol–water partition coefficient (Wildman–Crippen LogP) is 3.64. The van der Waals surface area contributed by atoms with Crippen LogP contribution in [-0.2, 0) is 6.42 Å². The maximum atomic E-state index is 13.8. The van der Waals surface area contributed by atoms with Gasteiger partial charge in [0.25, 0.3) is 0 Å². The maximum absolute atomic E-state index is 13.8. The molecule has 0 aliphatic carbocycles. The van der Waals surface area contributed by atoms with Gasteiger partial charge < -0.3 is 0 Å². The minimum Gasteiger partial charge on any atom is -0.271 e. The molecule has 1 unspecified atom stereocenters. The first-order valence-electron chi connectivity index (χ1n) is 5.97. The van der Waals surface area contributed by atoms with Crippen LogP contribution in [0.1, 0.15) is 17.2 Å². The number of nitrogens with two attached hydrogens (primary N) is 1. The summed E-state index contributed by atoms with van der Waals surface area (Å²) in [6.07, 6.45) is 0.0473. The lowest BCUT2D eigenvalue weighted by Gasteiger charge is -2.17. The lowest BCUT2D eigenvalue weighted by molar-refractivity contribution is 0.492. The second kappa shape index (κ2) is 6.43. The van der Waals surface area contributed by atoms with Gasteiger partial charge in [0.1, 0.15) is 11.6 Å². The van der Waals surface area contributed by atoms with Gasteiger partial charge in [-0.1, -0.05) is 17.7 Å². The van der Waals surface area contributed by atoms with E-state index in [1.165, 1.54) is 6.07 Å². The van der Waals surface area contributed by atoms with Crippen molar-refractivity contribution in [3.63, 3.8) is 0 Å². The van der Waals surface area contributed by atoms with Crippen LogP contribution < -0.4 is 11.3 Å². The molecule has 0 saturated heterocycles. The van der Waals surface area contributed by atoms with E-state index in [4.69, 9.17) is 17.4 Å². The zero-order valence-corrected chi connectivity index (χ0v) is 11.4. The Morgan fingerprint density at radius 1 is 0.952 bits per heavy atom. The lowest BCUT2D eigenvalue weighted by Crippen LogP contribution is -2.30. The highest BCUT2D eigenvalue weighted by atomic mass is 35.5. The Balaban J connectivity index is 2.31. The molecule has 0 aliphatic heterocycles. The van der Waals surface area contributed by atoms with E-state index in [0.717, 1.165) is 24.3 Å². The summed E-state index contributed by atoms with van der Waals surface area (Å²) in [5.41, 5.74) is 2.65. The third-order valence-electron chi connectivity index (χ3n) is 3.04. The highest BCUT2D eigenvalue weighted by Crippen LogP contribution is 2.26. The van der Waals surface area contributed by atoms with Crippen molar-refractivity contribution in [2.75, 3.05) is 0 Å². The highest BCUT2D eigenvalue weighted by molar-refractivity contribution is 6.30. The van der Waals surface area contributed by atoms with Gasteiger partial charge in [-0.25, -0.2) is 17.6 Å². The van der Waals surface area contributed by atoms with Gasteiger partial charge in [0.05, 0.1) is 11.1 Å². The summed E-state index contributed by atoms with van der Waals surface area (Å²) in [6, 6.07) is 4.21. The summed E-state index contributed by atoms with van der Waals surface area (Å²) in [7, 11) is 0. The van der Waals surface area contributed by atoms with Crippen molar-refractivity contribution in [2.24, 2.45) is 5.84 Å². The molecule has 1 atom stereocenters. The van der Waals surface area contributed by atoms with Gasteiger partial charge in [-0.05, 0) is 36.2 Å². The van der Waals surface area contributed by atoms with Crippen molar-refractivity contribution in [1.29, 1.82) is 0 Å². The average Bonchev–Trinajstić information content (AvgIpc) is 2.44. The molecule has 0 saturated carbocycles. The first kappa shape index (κ1) is 15.8. The normalized spacial score (nSPS) is 12.5. The molecule has 0 aliphatic rings. The van der Waals surface area contributed by atoms with Gasteiger partial charge in [0, 0.05) is 5.56 Å². The standard InChI is InChI=1S/C14H11ClF4N2/c15-9-6-11(17)8(5-12(9)18)14(21-20)4-7-1-2-10(16)13(19)3-7/h1-3,5-6,14,21H,4,20H2. The minimum atomic E-state index is -1.02. The van der Waals surface area contributed by atoms with Crippen LogP contribution >= 0.6 is 11.6 Å². The number of halogens is 5. The summed E-state index contributed by atoms with van der Waals surface area (Å²) in [6.45, 7) is 0. The average molecular weight is 319 g/mol. The fraction of sp³-hybridized carbons (Fsp3) is 0.143. The summed E-state index contributed by atoms with van der Waals surface area (Å²) in [4.78, 5) is 0. The number of hydrogen-bond acceptors (Lipinski definition) is 2. The molecule has 0 spiro atoms. The molecule has 112 valence electrons. The molecule has 0 radical (unpaired) electrons. The molecule has 0 amide bonds. The van der Waals surface area contributed by atoms with Crippen molar-refractivity contribution in [1.82, 2.24) is 5.43 Å².